The minimum Gasteiger partial charge on any atom is -0.476 e. The summed E-state index contributed by atoms with van der Waals surface area (Å²) in [5, 5.41) is 14.0. The topological polar surface area (TPSA) is 88.5 Å². The van der Waals surface area contributed by atoms with Crippen molar-refractivity contribution in [2.24, 2.45) is 0 Å². The van der Waals surface area contributed by atoms with Gasteiger partial charge in [-0.3, -0.25) is 4.79 Å². The molecule has 1 aromatic heterocycles. The number of carbonyl (C=O) groups is 2. The van der Waals surface area contributed by atoms with Gasteiger partial charge in [-0.05, 0) is 30.5 Å². The summed E-state index contributed by atoms with van der Waals surface area (Å²) in [4.78, 5) is 27.8. The third-order valence-electron chi connectivity index (χ3n) is 4.57. The second kappa shape index (κ2) is 7.92. The Labute approximate surface area is 154 Å². The van der Waals surface area contributed by atoms with Crippen molar-refractivity contribution in [3.63, 3.8) is 0 Å². The van der Waals surface area contributed by atoms with E-state index in [1.165, 1.54) is 28.8 Å². The molecule has 0 spiro atoms. The molecule has 1 saturated heterocycles. The number of amides is 1. The van der Waals surface area contributed by atoms with E-state index in [4.69, 9.17) is 9.84 Å². The Hall–Kier alpha value is -2.32. The normalized spacial score (nSPS) is 16.2. The summed E-state index contributed by atoms with van der Waals surface area (Å²) >= 11 is 1.26. The first-order chi connectivity index (χ1) is 12.5. The first kappa shape index (κ1) is 18.5. The van der Waals surface area contributed by atoms with Crippen molar-refractivity contribution < 1.29 is 23.8 Å². The lowest BCUT2D eigenvalue weighted by atomic mass is 9.73. The molecule has 0 radical (unpaired) electrons. The molecule has 1 fully saturated rings. The number of rotatable bonds is 6. The van der Waals surface area contributed by atoms with E-state index < -0.39 is 11.4 Å². The molecule has 1 amide bonds. The highest BCUT2D eigenvalue weighted by Gasteiger charge is 2.41. The Balaban J connectivity index is 1.67. The van der Waals surface area contributed by atoms with Gasteiger partial charge in [-0.1, -0.05) is 12.1 Å². The molecule has 0 bridgehead atoms. The number of nitrogens with zero attached hydrogens (tertiary/aromatic N) is 1. The maximum Gasteiger partial charge on any atom is 0.355 e. The molecule has 1 aliphatic heterocycles. The molecule has 2 N–H and O–H groups in total. The van der Waals surface area contributed by atoms with Gasteiger partial charge in [0.25, 0.3) is 0 Å². The van der Waals surface area contributed by atoms with Crippen LogP contribution in [0.5, 0.6) is 0 Å². The van der Waals surface area contributed by atoms with E-state index in [2.05, 4.69) is 10.3 Å². The van der Waals surface area contributed by atoms with Gasteiger partial charge in [-0.2, -0.15) is 0 Å². The predicted molar refractivity (Wildman–Crippen MR) is 93.9 cm³/mol. The Morgan fingerprint density at radius 3 is 2.58 bits per heavy atom. The van der Waals surface area contributed by atoms with Crippen LogP contribution in [-0.4, -0.2) is 41.7 Å². The largest absolute Gasteiger partial charge is 0.476 e. The average Bonchev–Trinajstić information content (AvgIpc) is 3.12. The molecule has 0 unspecified atom stereocenters. The number of aromatic nitrogens is 1. The molecule has 0 saturated carbocycles. The van der Waals surface area contributed by atoms with Crippen molar-refractivity contribution in [3.05, 3.63) is 51.7 Å². The van der Waals surface area contributed by atoms with Gasteiger partial charge in [-0.15, -0.1) is 11.3 Å². The summed E-state index contributed by atoms with van der Waals surface area (Å²) in [5.41, 5.74) is 0.0618. The molecule has 2 aromatic rings. The highest BCUT2D eigenvalue weighted by molar-refractivity contribution is 7.09. The van der Waals surface area contributed by atoms with Crippen molar-refractivity contribution in [2.75, 3.05) is 19.8 Å². The van der Waals surface area contributed by atoms with Gasteiger partial charge in [0, 0.05) is 31.6 Å². The minimum atomic E-state index is -1.06. The van der Waals surface area contributed by atoms with Crippen LogP contribution in [0.25, 0.3) is 0 Å². The molecule has 0 aliphatic carbocycles. The maximum absolute atomic E-state index is 13.3. The van der Waals surface area contributed by atoms with Crippen molar-refractivity contribution in [3.8, 4) is 0 Å². The molecule has 3 rings (SSSR count). The van der Waals surface area contributed by atoms with Crippen molar-refractivity contribution >= 4 is 23.2 Å². The molecule has 1 aromatic carbocycles. The van der Waals surface area contributed by atoms with Crippen LogP contribution in [0.4, 0.5) is 4.39 Å². The summed E-state index contributed by atoms with van der Waals surface area (Å²) < 4.78 is 18.7. The van der Waals surface area contributed by atoms with E-state index >= 15 is 0 Å². The number of nitrogens with one attached hydrogen (secondary N) is 1. The van der Waals surface area contributed by atoms with Gasteiger partial charge in [0.15, 0.2) is 5.69 Å². The fraction of sp³-hybridized carbons (Fsp3) is 0.389. The summed E-state index contributed by atoms with van der Waals surface area (Å²) in [7, 11) is 0. The number of carbonyl (C=O) groups excluding carboxylic acids is 1. The number of carboxylic acids is 1. The van der Waals surface area contributed by atoms with E-state index in [9.17, 15) is 14.0 Å². The fourth-order valence-electron chi connectivity index (χ4n) is 3.11. The molecule has 1 aliphatic rings. The van der Waals surface area contributed by atoms with Gasteiger partial charge in [0.1, 0.15) is 5.82 Å². The second-order valence-electron chi connectivity index (χ2n) is 6.14. The van der Waals surface area contributed by atoms with Crippen LogP contribution in [-0.2, 0) is 21.4 Å². The van der Waals surface area contributed by atoms with E-state index in [0.29, 0.717) is 44.0 Å². The number of thiazole rings is 1. The lowest BCUT2D eigenvalue weighted by molar-refractivity contribution is -0.130. The molecular formula is C18H19FN2O4S. The Kier molecular flexibility index (Phi) is 5.63. The van der Waals surface area contributed by atoms with Gasteiger partial charge < -0.3 is 15.2 Å². The number of ether oxygens (including phenoxy) is 1. The molecule has 6 nitrogen and oxygen atoms in total. The summed E-state index contributed by atoms with van der Waals surface area (Å²) in [6, 6.07) is 6.03. The zero-order chi connectivity index (χ0) is 18.6. The summed E-state index contributed by atoms with van der Waals surface area (Å²) in [5.74, 6) is -1.52. The Bertz CT molecular complexity index is 785. The zero-order valence-corrected chi connectivity index (χ0v) is 14.9. The molecule has 0 atom stereocenters. The average molecular weight is 378 g/mol. The van der Waals surface area contributed by atoms with E-state index in [0.717, 1.165) is 5.56 Å². The van der Waals surface area contributed by atoms with Crippen LogP contribution in [0, 0.1) is 5.82 Å². The second-order valence-corrected chi connectivity index (χ2v) is 7.08. The standard InChI is InChI=1S/C18H19FN2O4S/c19-13-3-1-12(2-4-13)18(6-9-25-10-7-18)17(24)20-8-5-15-21-14(11-26-15)16(22)23/h1-4,11H,5-10H2,(H,20,24)(H,22,23). The number of aromatic carboxylic acids is 1. The van der Waals surface area contributed by atoms with E-state index in [-0.39, 0.29) is 17.4 Å². The number of benzene rings is 1. The van der Waals surface area contributed by atoms with Gasteiger partial charge >= 0.3 is 5.97 Å². The quantitative estimate of drug-likeness (QED) is 0.806. The van der Waals surface area contributed by atoms with Crippen molar-refractivity contribution in [1.82, 2.24) is 10.3 Å². The molecule has 26 heavy (non-hydrogen) atoms. The van der Waals surface area contributed by atoms with E-state index in [1.54, 1.807) is 12.1 Å². The van der Waals surface area contributed by atoms with Crippen LogP contribution >= 0.6 is 11.3 Å². The number of hydrogen-bond acceptors (Lipinski definition) is 5. The summed E-state index contributed by atoms with van der Waals surface area (Å²) in [6.07, 6.45) is 1.52. The maximum atomic E-state index is 13.3. The van der Waals surface area contributed by atoms with Crippen molar-refractivity contribution in [2.45, 2.75) is 24.7 Å². The monoisotopic (exact) mass is 378 g/mol. The van der Waals surface area contributed by atoms with Crippen LogP contribution < -0.4 is 5.32 Å². The number of halogens is 1. The third-order valence-corrected chi connectivity index (χ3v) is 5.48. The van der Waals surface area contributed by atoms with Gasteiger partial charge in [-0.25, -0.2) is 14.2 Å². The van der Waals surface area contributed by atoms with Crippen molar-refractivity contribution in [1.29, 1.82) is 0 Å². The van der Waals surface area contributed by atoms with Crippen LogP contribution in [0.2, 0.25) is 0 Å². The van der Waals surface area contributed by atoms with Gasteiger partial charge in [0.2, 0.25) is 5.91 Å². The molecule has 8 heteroatoms. The number of hydrogen-bond donors (Lipinski definition) is 2. The van der Waals surface area contributed by atoms with Crippen LogP contribution in [0.15, 0.2) is 29.6 Å². The first-order valence-corrected chi connectivity index (χ1v) is 9.19. The SMILES string of the molecule is O=C(O)c1csc(CCNC(=O)C2(c3ccc(F)cc3)CCOCC2)n1. The fourth-order valence-corrected chi connectivity index (χ4v) is 3.88. The summed E-state index contributed by atoms with van der Waals surface area (Å²) in [6.45, 7) is 1.30. The zero-order valence-electron chi connectivity index (χ0n) is 14.0. The molecule has 2 heterocycles. The molecule has 138 valence electrons. The Morgan fingerprint density at radius 2 is 1.96 bits per heavy atom. The number of carboxylic acid groups (broad SMARTS) is 1. The van der Waals surface area contributed by atoms with Crippen LogP contribution in [0.1, 0.15) is 33.9 Å². The highest BCUT2D eigenvalue weighted by Crippen LogP contribution is 2.35. The lowest BCUT2D eigenvalue weighted by Gasteiger charge is -2.36. The minimum absolute atomic E-state index is 0.0172. The Morgan fingerprint density at radius 1 is 1.27 bits per heavy atom. The van der Waals surface area contributed by atoms with Gasteiger partial charge in [0.05, 0.1) is 10.4 Å². The molecular weight excluding hydrogens is 359 g/mol. The van der Waals surface area contributed by atoms with Crippen LogP contribution in [0.3, 0.4) is 0 Å². The first-order valence-electron chi connectivity index (χ1n) is 8.31. The van der Waals surface area contributed by atoms with E-state index in [1.807, 2.05) is 0 Å². The lowest BCUT2D eigenvalue weighted by Crippen LogP contribution is -2.48. The smallest absolute Gasteiger partial charge is 0.355 e. The third kappa shape index (κ3) is 3.91. The highest BCUT2D eigenvalue weighted by atomic mass is 32.1. The predicted octanol–water partition coefficient (Wildman–Crippen LogP) is 2.39.